The van der Waals surface area contributed by atoms with Gasteiger partial charge in [-0.05, 0) is 167 Å². The zero-order valence-electron chi connectivity index (χ0n) is 76.1. The molecule has 0 aromatic heterocycles. The molecule has 0 saturated carbocycles. The van der Waals surface area contributed by atoms with Crippen LogP contribution in [0.2, 0.25) is 0 Å². The molecule has 0 aromatic rings. The van der Waals surface area contributed by atoms with Gasteiger partial charge in [0, 0.05) is 19.3 Å². The summed E-state index contributed by atoms with van der Waals surface area (Å²) in [6, 6.07) is 0. The van der Waals surface area contributed by atoms with Crippen LogP contribution in [0.5, 0.6) is 0 Å². The van der Waals surface area contributed by atoms with E-state index in [1.54, 1.807) is 0 Å². The van der Waals surface area contributed by atoms with Gasteiger partial charge in [0.15, 0.2) is 6.10 Å². The van der Waals surface area contributed by atoms with Crippen LogP contribution >= 0.6 is 15.6 Å². The van der Waals surface area contributed by atoms with Gasteiger partial charge in [0.2, 0.25) is 0 Å². The van der Waals surface area contributed by atoms with Crippen LogP contribution < -0.4 is 0 Å². The number of hydrogen-bond acceptors (Lipinski definition) is 14. The molecule has 5 unspecified atom stereocenters. The summed E-state index contributed by atoms with van der Waals surface area (Å²) in [4.78, 5) is 59.1. The van der Waals surface area contributed by atoms with Crippen molar-refractivity contribution in [3.05, 3.63) is 194 Å². The summed E-state index contributed by atoms with van der Waals surface area (Å²) in [6.45, 7) is 2.44. The van der Waals surface area contributed by atoms with Crippen LogP contribution in [0, 0.1) is 0 Å². The smallest absolute Gasteiger partial charge is 0.463 e. The Balaban J connectivity index is 4.64. The normalized spacial score (nSPS) is 14.6. The van der Waals surface area contributed by atoms with Crippen molar-refractivity contribution in [1.82, 2.24) is 0 Å². The van der Waals surface area contributed by atoms with E-state index in [0.717, 1.165) is 193 Å². The van der Waals surface area contributed by atoms with E-state index in [9.17, 15) is 43.5 Å². The molecule has 18 heteroatoms. The number of phosphoric ester groups is 2. The SMILES string of the molecule is CC/C=C\C/C=C\C/C=C\C/C=C\C/C=C\C/C=C\CCCCCCCCCCCCCCCCC(=O)OCC(O)COP(=O)(O)OCC(O)COP(=O)(O)OCC(COC(=O)CCCCCCCCCCCCC/C=C\C/C=C\C/C=C\C/C=C\CCCCC)OC(=O)CCCCCCCC/C=C\C/C=C\C/C=C\C/C=C\C/C=C\C/C=C\CC. The topological polar surface area (TPSA) is 231 Å². The highest BCUT2D eigenvalue weighted by Gasteiger charge is 2.30. The minimum atomic E-state index is -4.95. The van der Waals surface area contributed by atoms with E-state index >= 15 is 0 Å². The number of carbonyl (C=O) groups is 3. The summed E-state index contributed by atoms with van der Waals surface area (Å²) in [5, 5.41) is 20.8. The van der Waals surface area contributed by atoms with Gasteiger partial charge in [-0.1, -0.05) is 389 Å². The van der Waals surface area contributed by atoms with Gasteiger partial charge >= 0.3 is 33.6 Å². The third-order valence-electron chi connectivity index (χ3n) is 19.8. The van der Waals surface area contributed by atoms with Crippen molar-refractivity contribution >= 4 is 33.6 Å². The molecule has 4 N–H and O–H groups in total. The molecule has 0 fully saturated rings. The predicted octanol–water partition coefficient (Wildman–Crippen LogP) is 29.8. The highest BCUT2D eigenvalue weighted by atomic mass is 31.2. The van der Waals surface area contributed by atoms with Crippen LogP contribution in [0.1, 0.15) is 380 Å². The minimum absolute atomic E-state index is 0.0806. The number of carbonyl (C=O) groups excluding carboxylic acids is 3. The number of hydrogen-bond donors (Lipinski definition) is 4. The fraction of sp³-hybridized carbons (Fsp3) is 0.660. The summed E-state index contributed by atoms with van der Waals surface area (Å²) < 4.78 is 61.6. The molecule has 0 radical (unpaired) electrons. The fourth-order valence-electron chi connectivity index (χ4n) is 12.6. The molecule has 0 aliphatic rings. The molecular formula is C103H172O16P2. The van der Waals surface area contributed by atoms with E-state index in [1.165, 1.54) is 128 Å². The van der Waals surface area contributed by atoms with Gasteiger partial charge in [0.1, 0.15) is 25.4 Å². The number of aliphatic hydroxyl groups is 2. The molecule has 0 amide bonds. The molecule has 0 saturated heterocycles. The summed E-state index contributed by atoms with van der Waals surface area (Å²) in [5.41, 5.74) is 0. The average molecular weight is 1730 g/mol. The summed E-state index contributed by atoms with van der Waals surface area (Å²) >= 11 is 0. The predicted molar refractivity (Wildman–Crippen MR) is 509 cm³/mol. The van der Waals surface area contributed by atoms with Crippen LogP contribution in [0.4, 0.5) is 0 Å². The van der Waals surface area contributed by atoms with Gasteiger partial charge in [-0.2, -0.15) is 0 Å². The number of aliphatic hydroxyl groups excluding tert-OH is 2. The molecule has 0 heterocycles. The van der Waals surface area contributed by atoms with E-state index in [-0.39, 0.29) is 19.3 Å². The zero-order valence-corrected chi connectivity index (χ0v) is 77.9. The monoisotopic (exact) mass is 1730 g/mol. The van der Waals surface area contributed by atoms with Crippen LogP contribution in [0.15, 0.2) is 194 Å². The van der Waals surface area contributed by atoms with Gasteiger partial charge in [0.05, 0.1) is 26.4 Å². The number of allylic oxidation sites excluding steroid dienone is 32. The van der Waals surface area contributed by atoms with Crippen LogP contribution in [-0.2, 0) is 55.8 Å². The standard InChI is InChI=1S/C103H172O16P2/c1-4-7-10-13-16-19-22-25-28-31-34-37-40-43-45-46-47-48-49-50-52-55-56-59-62-65-68-71-74-77-80-83-86-89-101(106)113-92-98(104)93-115-120(109,110)116-94-99(105)95-117-121(111,112)118-97-100(119-103(108)91-88-85-82-79-76-73-70-67-64-61-58-53-42-39-36-33-30-27-24-21-18-15-12-9-6-3)96-114-102(107)90-87-84-81-78-75-72-69-66-63-60-57-54-51-44-41-38-35-32-29-26-23-20-17-14-11-8-5-2/h7,9-10,12,16-21,25-30,34-39,43-45,47-48,51,53,58,64,67,98-100,104-105H,4-6,8,11,13-15,22-24,31-33,40-42,46,49-50,52,54-57,59-63,65-66,68-97H2,1-3H3,(H,109,110)(H,111,112)/b10-7-,12-9-,19-16-,20-17-,21-18-,28-25-,29-26-,30-27-,37-34-,38-35-,39-36-,45-43-,48-47-,51-44-,58-53-,67-64-. The maximum Gasteiger partial charge on any atom is 0.472 e. The zero-order chi connectivity index (χ0) is 87.9. The summed E-state index contributed by atoms with van der Waals surface area (Å²) in [7, 11) is -9.83. The van der Waals surface area contributed by atoms with Crippen LogP contribution in [0.3, 0.4) is 0 Å². The van der Waals surface area contributed by atoms with E-state index < -0.39 is 91.5 Å². The fourth-order valence-corrected chi connectivity index (χ4v) is 14.2. The molecule has 121 heavy (non-hydrogen) atoms. The lowest BCUT2D eigenvalue weighted by Crippen LogP contribution is -2.30. The Hall–Kier alpha value is -5.61. The Morgan fingerprint density at radius 3 is 0.694 bits per heavy atom. The first-order valence-electron chi connectivity index (χ1n) is 47.7. The summed E-state index contributed by atoms with van der Waals surface area (Å²) in [6.07, 6.45) is 125. The lowest BCUT2D eigenvalue weighted by atomic mass is 10.0. The third-order valence-corrected chi connectivity index (χ3v) is 21.7. The van der Waals surface area contributed by atoms with E-state index in [0.29, 0.717) is 19.3 Å². The van der Waals surface area contributed by atoms with E-state index in [4.69, 9.17) is 32.3 Å². The highest BCUT2D eigenvalue weighted by Crippen LogP contribution is 2.45. The lowest BCUT2D eigenvalue weighted by molar-refractivity contribution is -0.161. The Labute approximate surface area is 737 Å². The second-order valence-corrected chi connectivity index (χ2v) is 34.3. The number of ether oxygens (including phenoxy) is 3. The van der Waals surface area contributed by atoms with Crippen molar-refractivity contribution in [2.75, 3.05) is 39.6 Å². The van der Waals surface area contributed by atoms with Crippen molar-refractivity contribution in [2.45, 2.75) is 399 Å². The minimum Gasteiger partial charge on any atom is -0.463 e. The van der Waals surface area contributed by atoms with Crippen LogP contribution in [-0.4, -0.2) is 95.9 Å². The molecule has 0 aromatic carbocycles. The molecule has 0 aliphatic carbocycles. The Morgan fingerprint density at radius 1 is 0.240 bits per heavy atom. The lowest BCUT2D eigenvalue weighted by Gasteiger charge is -2.21. The maximum absolute atomic E-state index is 13.1. The maximum atomic E-state index is 13.1. The first kappa shape index (κ1) is 115. The highest BCUT2D eigenvalue weighted by molar-refractivity contribution is 7.47. The Morgan fingerprint density at radius 2 is 0.438 bits per heavy atom. The molecule has 5 atom stereocenters. The van der Waals surface area contributed by atoms with Gasteiger partial charge in [-0.25, -0.2) is 9.13 Å². The molecule has 0 rings (SSSR count). The number of rotatable bonds is 89. The van der Waals surface area contributed by atoms with E-state index in [2.05, 4.69) is 215 Å². The second kappa shape index (κ2) is 93.5. The van der Waals surface area contributed by atoms with Crippen molar-refractivity contribution in [3.63, 3.8) is 0 Å². The average Bonchev–Trinajstić information content (AvgIpc) is 0.908. The van der Waals surface area contributed by atoms with Gasteiger partial charge in [-0.15, -0.1) is 0 Å². The quantitative estimate of drug-likeness (QED) is 0.0146. The van der Waals surface area contributed by atoms with E-state index in [1.807, 2.05) is 0 Å². The number of unbranched alkanes of at least 4 members (excludes halogenated alkanes) is 34. The second-order valence-electron chi connectivity index (χ2n) is 31.4. The summed E-state index contributed by atoms with van der Waals surface area (Å²) in [5.74, 6) is -1.59. The van der Waals surface area contributed by atoms with Crippen molar-refractivity contribution in [2.24, 2.45) is 0 Å². The molecular weight excluding hydrogens is 1560 g/mol. The largest absolute Gasteiger partial charge is 0.472 e. The van der Waals surface area contributed by atoms with Gasteiger partial charge in [0.25, 0.3) is 0 Å². The molecule has 690 valence electrons. The van der Waals surface area contributed by atoms with Gasteiger partial charge in [-0.3, -0.25) is 32.5 Å². The Kier molecular flexibility index (Phi) is 89.2. The van der Waals surface area contributed by atoms with Gasteiger partial charge < -0.3 is 34.2 Å². The third kappa shape index (κ3) is 94.9. The first-order chi connectivity index (χ1) is 59.2. The van der Waals surface area contributed by atoms with Crippen LogP contribution in [0.25, 0.3) is 0 Å². The molecule has 0 aliphatic heterocycles. The Bertz CT molecular complexity index is 2980. The molecule has 0 bridgehead atoms. The molecule has 0 spiro atoms. The van der Waals surface area contributed by atoms with Crippen molar-refractivity contribution in [1.29, 1.82) is 0 Å². The van der Waals surface area contributed by atoms with Crippen molar-refractivity contribution < 1.29 is 75.8 Å². The number of phosphoric acid groups is 2. The number of esters is 3. The molecule has 16 nitrogen and oxygen atoms in total. The first-order valence-corrected chi connectivity index (χ1v) is 50.7. The van der Waals surface area contributed by atoms with Crippen molar-refractivity contribution in [3.8, 4) is 0 Å².